The lowest BCUT2D eigenvalue weighted by molar-refractivity contribution is -0.117. The molecule has 0 saturated heterocycles. The van der Waals surface area contributed by atoms with Gasteiger partial charge in [-0.1, -0.05) is 18.6 Å². The molecule has 1 aliphatic carbocycles. The molecular formula is C11H18O2. The Morgan fingerprint density at radius 1 is 1.69 bits per heavy atom. The highest BCUT2D eigenvalue weighted by Gasteiger charge is 2.31. The SMILES string of the molecule is C/C(=C\C1(C)CCC(=O)C1)CCO. The van der Waals surface area contributed by atoms with Crippen LogP contribution < -0.4 is 0 Å². The van der Waals surface area contributed by atoms with E-state index in [4.69, 9.17) is 5.11 Å². The maximum atomic E-state index is 11.1. The lowest BCUT2D eigenvalue weighted by Crippen LogP contribution is -2.09. The van der Waals surface area contributed by atoms with Gasteiger partial charge < -0.3 is 5.11 Å². The summed E-state index contributed by atoms with van der Waals surface area (Å²) in [5, 5.41) is 8.74. The van der Waals surface area contributed by atoms with Crippen LogP contribution in [0, 0.1) is 5.41 Å². The van der Waals surface area contributed by atoms with E-state index in [1.807, 2.05) is 6.92 Å². The minimum Gasteiger partial charge on any atom is -0.396 e. The van der Waals surface area contributed by atoms with Crippen LogP contribution in [-0.2, 0) is 4.79 Å². The van der Waals surface area contributed by atoms with Crippen molar-refractivity contribution in [1.82, 2.24) is 0 Å². The highest BCUT2D eigenvalue weighted by Crippen LogP contribution is 2.37. The van der Waals surface area contributed by atoms with E-state index in [9.17, 15) is 4.79 Å². The molecule has 0 heterocycles. The first-order valence-corrected chi connectivity index (χ1v) is 4.87. The van der Waals surface area contributed by atoms with E-state index in [1.54, 1.807) is 0 Å². The Kier molecular flexibility index (Phi) is 3.26. The largest absolute Gasteiger partial charge is 0.396 e. The first-order chi connectivity index (χ1) is 6.06. The fraction of sp³-hybridized carbons (Fsp3) is 0.727. The van der Waals surface area contributed by atoms with Crippen molar-refractivity contribution in [3.8, 4) is 0 Å². The van der Waals surface area contributed by atoms with Crippen molar-refractivity contribution in [3.05, 3.63) is 11.6 Å². The second kappa shape index (κ2) is 4.05. The topological polar surface area (TPSA) is 37.3 Å². The summed E-state index contributed by atoms with van der Waals surface area (Å²) in [5.41, 5.74) is 1.26. The first-order valence-electron chi connectivity index (χ1n) is 4.87. The molecule has 1 unspecified atom stereocenters. The molecule has 74 valence electrons. The molecular weight excluding hydrogens is 164 g/mol. The van der Waals surface area contributed by atoms with Gasteiger partial charge in [0.2, 0.25) is 0 Å². The van der Waals surface area contributed by atoms with E-state index in [0.29, 0.717) is 12.2 Å². The minimum atomic E-state index is 0.0658. The van der Waals surface area contributed by atoms with Crippen LogP contribution in [0.5, 0.6) is 0 Å². The summed E-state index contributed by atoms with van der Waals surface area (Å²) in [5.74, 6) is 0.371. The molecule has 13 heavy (non-hydrogen) atoms. The summed E-state index contributed by atoms with van der Waals surface area (Å²) in [4.78, 5) is 11.1. The van der Waals surface area contributed by atoms with Crippen LogP contribution in [0.4, 0.5) is 0 Å². The van der Waals surface area contributed by atoms with E-state index >= 15 is 0 Å². The smallest absolute Gasteiger partial charge is 0.133 e. The monoisotopic (exact) mass is 182 g/mol. The normalized spacial score (nSPS) is 29.8. The minimum absolute atomic E-state index is 0.0658. The summed E-state index contributed by atoms with van der Waals surface area (Å²) in [7, 11) is 0. The van der Waals surface area contributed by atoms with Gasteiger partial charge in [0, 0.05) is 19.4 Å². The van der Waals surface area contributed by atoms with E-state index in [0.717, 1.165) is 19.3 Å². The van der Waals surface area contributed by atoms with Crippen molar-refractivity contribution in [1.29, 1.82) is 0 Å². The van der Waals surface area contributed by atoms with Gasteiger partial charge in [-0.05, 0) is 25.2 Å². The lowest BCUT2D eigenvalue weighted by atomic mass is 9.86. The van der Waals surface area contributed by atoms with Crippen molar-refractivity contribution in [2.75, 3.05) is 6.61 Å². The van der Waals surface area contributed by atoms with Gasteiger partial charge in [0.15, 0.2) is 0 Å². The molecule has 1 N–H and O–H groups in total. The number of carbonyl (C=O) groups is 1. The second-order valence-corrected chi connectivity index (χ2v) is 4.33. The molecule has 0 aromatic rings. The molecule has 1 atom stereocenters. The van der Waals surface area contributed by atoms with Crippen molar-refractivity contribution in [2.24, 2.45) is 5.41 Å². The van der Waals surface area contributed by atoms with Crippen molar-refractivity contribution in [3.63, 3.8) is 0 Å². The number of aliphatic hydroxyl groups is 1. The fourth-order valence-electron chi connectivity index (χ4n) is 2.02. The maximum absolute atomic E-state index is 11.1. The number of hydrogen-bond acceptors (Lipinski definition) is 2. The average Bonchev–Trinajstić information content (AvgIpc) is 2.30. The molecule has 1 fully saturated rings. The number of aliphatic hydroxyl groups excluding tert-OH is 1. The molecule has 0 bridgehead atoms. The summed E-state index contributed by atoms with van der Waals surface area (Å²) >= 11 is 0. The summed E-state index contributed by atoms with van der Waals surface area (Å²) in [6, 6.07) is 0. The molecule has 0 aromatic heterocycles. The number of hydrogen-bond donors (Lipinski definition) is 1. The second-order valence-electron chi connectivity index (χ2n) is 4.33. The lowest BCUT2D eigenvalue weighted by Gasteiger charge is -2.18. The molecule has 2 nitrogen and oxygen atoms in total. The Morgan fingerprint density at radius 3 is 2.85 bits per heavy atom. The third kappa shape index (κ3) is 2.96. The average molecular weight is 182 g/mol. The number of allylic oxidation sites excluding steroid dienone is 1. The van der Waals surface area contributed by atoms with Crippen molar-refractivity contribution in [2.45, 2.75) is 39.5 Å². The molecule has 1 saturated carbocycles. The fourth-order valence-corrected chi connectivity index (χ4v) is 2.02. The Hall–Kier alpha value is -0.630. The molecule has 1 aliphatic rings. The van der Waals surface area contributed by atoms with Crippen molar-refractivity contribution < 1.29 is 9.90 Å². The zero-order valence-corrected chi connectivity index (χ0v) is 8.47. The Bertz CT molecular complexity index is 230. The predicted octanol–water partition coefficient (Wildman–Crippen LogP) is 2.07. The Labute approximate surface area is 79.6 Å². The molecule has 0 aliphatic heterocycles. The van der Waals surface area contributed by atoms with Crippen LogP contribution in [0.25, 0.3) is 0 Å². The molecule has 2 heteroatoms. The molecule has 0 amide bonds. The predicted molar refractivity (Wildman–Crippen MR) is 52.4 cm³/mol. The van der Waals surface area contributed by atoms with Crippen LogP contribution in [0.3, 0.4) is 0 Å². The number of Topliss-reactive ketones (excluding diaryl/α,β-unsaturated/α-hetero) is 1. The standard InChI is InChI=1S/C11H18O2/c1-9(4-6-12)7-11(2)5-3-10(13)8-11/h7,12H,3-6,8H2,1-2H3/b9-7+. The van der Waals surface area contributed by atoms with Gasteiger partial charge in [-0.2, -0.15) is 0 Å². The summed E-state index contributed by atoms with van der Waals surface area (Å²) in [6.07, 6.45) is 5.25. The Balaban J connectivity index is 2.61. The van der Waals surface area contributed by atoms with Gasteiger partial charge in [-0.3, -0.25) is 4.79 Å². The van der Waals surface area contributed by atoms with Gasteiger partial charge in [0.05, 0.1) is 0 Å². The number of rotatable bonds is 3. The zero-order valence-electron chi connectivity index (χ0n) is 8.47. The first kappa shape index (κ1) is 10.5. The van der Waals surface area contributed by atoms with E-state index in [-0.39, 0.29) is 12.0 Å². The molecule has 1 rings (SSSR count). The van der Waals surface area contributed by atoms with Gasteiger partial charge in [0.25, 0.3) is 0 Å². The van der Waals surface area contributed by atoms with E-state index < -0.39 is 0 Å². The third-order valence-corrected chi connectivity index (χ3v) is 2.68. The maximum Gasteiger partial charge on any atom is 0.133 e. The van der Waals surface area contributed by atoms with Crippen LogP contribution in [0.1, 0.15) is 39.5 Å². The summed E-state index contributed by atoms with van der Waals surface area (Å²) in [6.45, 7) is 4.34. The molecule has 0 aromatic carbocycles. The van der Waals surface area contributed by atoms with Crippen LogP contribution >= 0.6 is 0 Å². The molecule has 0 spiro atoms. The van der Waals surface area contributed by atoms with Crippen LogP contribution in [0.2, 0.25) is 0 Å². The highest BCUT2D eigenvalue weighted by molar-refractivity contribution is 5.81. The van der Waals surface area contributed by atoms with Gasteiger partial charge >= 0.3 is 0 Å². The quantitative estimate of drug-likeness (QED) is 0.678. The Morgan fingerprint density at radius 2 is 2.38 bits per heavy atom. The van der Waals surface area contributed by atoms with Crippen molar-refractivity contribution >= 4 is 5.78 Å². The van der Waals surface area contributed by atoms with Gasteiger partial charge in [-0.15, -0.1) is 0 Å². The van der Waals surface area contributed by atoms with E-state index in [1.165, 1.54) is 5.57 Å². The van der Waals surface area contributed by atoms with Crippen LogP contribution in [-0.4, -0.2) is 17.5 Å². The zero-order chi connectivity index (χ0) is 9.90. The van der Waals surface area contributed by atoms with E-state index in [2.05, 4.69) is 13.0 Å². The van der Waals surface area contributed by atoms with Crippen LogP contribution in [0.15, 0.2) is 11.6 Å². The van der Waals surface area contributed by atoms with Gasteiger partial charge in [-0.25, -0.2) is 0 Å². The summed E-state index contributed by atoms with van der Waals surface area (Å²) < 4.78 is 0. The molecule has 0 radical (unpaired) electrons. The third-order valence-electron chi connectivity index (χ3n) is 2.68. The number of carbonyl (C=O) groups excluding carboxylic acids is 1. The van der Waals surface area contributed by atoms with Gasteiger partial charge in [0.1, 0.15) is 5.78 Å². The highest BCUT2D eigenvalue weighted by atomic mass is 16.2. The number of ketones is 1.